The highest BCUT2D eigenvalue weighted by atomic mass is 16.5. The van der Waals surface area contributed by atoms with Gasteiger partial charge in [-0.3, -0.25) is 4.57 Å². The Hall–Kier alpha value is -3.55. The predicted molar refractivity (Wildman–Crippen MR) is 120 cm³/mol. The van der Waals surface area contributed by atoms with Gasteiger partial charge in [0.2, 0.25) is 5.88 Å². The molecule has 1 fully saturated rings. The van der Waals surface area contributed by atoms with E-state index in [1.807, 2.05) is 28.8 Å². The van der Waals surface area contributed by atoms with Crippen molar-refractivity contribution in [3.05, 3.63) is 77.9 Å². The summed E-state index contributed by atoms with van der Waals surface area (Å²) < 4.78 is 7.76. The molecule has 1 saturated carbocycles. The van der Waals surface area contributed by atoms with E-state index in [0.717, 1.165) is 40.9 Å². The minimum atomic E-state index is -0.211. The van der Waals surface area contributed by atoms with Gasteiger partial charge in [0, 0.05) is 16.7 Å². The number of rotatable bonds is 4. The first-order valence-corrected chi connectivity index (χ1v) is 10.8. The van der Waals surface area contributed by atoms with Gasteiger partial charge in [-0.15, -0.1) is 10.2 Å². The Bertz CT molecular complexity index is 1280. The zero-order valence-corrected chi connectivity index (χ0v) is 17.5. The zero-order chi connectivity index (χ0) is 21.7. The molecule has 0 bridgehead atoms. The second kappa shape index (κ2) is 7.25. The maximum Gasteiger partial charge on any atom is 0.239 e. The average molecular weight is 425 g/mol. The van der Waals surface area contributed by atoms with Crippen molar-refractivity contribution in [1.82, 2.24) is 19.7 Å². The van der Waals surface area contributed by atoms with Crippen molar-refractivity contribution in [3.8, 4) is 34.0 Å². The van der Waals surface area contributed by atoms with Crippen LogP contribution in [0.4, 0.5) is 0 Å². The Labute approximate surface area is 185 Å². The minimum Gasteiger partial charge on any atom is -0.468 e. The van der Waals surface area contributed by atoms with Crippen molar-refractivity contribution in [2.24, 2.45) is 5.73 Å². The van der Waals surface area contributed by atoms with E-state index in [-0.39, 0.29) is 18.8 Å². The average Bonchev–Trinajstić information content (AvgIpc) is 3.26. The number of benzene rings is 2. The SMILES string of the molecule is NC1(c2ccc(-c3nc4c(cc3-c3ccccc3)-n3c(CO)nnc3CO4)cc2)CCC1. The fourth-order valence-electron chi connectivity index (χ4n) is 4.58. The molecular formula is C25H23N5O2. The Morgan fingerprint density at radius 2 is 1.78 bits per heavy atom. The number of nitrogens with two attached hydrogens (primary N) is 1. The third-order valence-corrected chi connectivity index (χ3v) is 6.55. The lowest BCUT2D eigenvalue weighted by molar-refractivity contribution is 0.253. The molecule has 0 saturated heterocycles. The fraction of sp³-hybridized carbons (Fsp3) is 0.240. The second-order valence-electron chi connectivity index (χ2n) is 8.48. The van der Waals surface area contributed by atoms with Crippen LogP contribution in [0, 0.1) is 0 Å². The molecule has 160 valence electrons. The maximum absolute atomic E-state index is 9.75. The number of hydrogen-bond acceptors (Lipinski definition) is 6. The van der Waals surface area contributed by atoms with Gasteiger partial charge in [0.25, 0.3) is 0 Å². The number of aliphatic hydroxyl groups is 1. The zero-order valence-electron chi connectivity index (χ0n) is 17.5. The summed E-state index contributed by atoms with van der Waals surface area (Å²) in [7, 11) is 0. The van der Waals surface area contributed by atoms with Crippen LogP contribution >= 0.6 is 0 Å². The summed E-state index contributed by atoms with van der Waals surface area (Å²) in [6, 6.07) is 20.6. The standard InChI is InChI=1S/C25H23N5O2/c26-25(11-4-12-25)18-9-7-17(8-10-18)23-19(16-5-2-1-3-6-16)13-20-24(27-23)32-15-22-29-28-21(14-31)30(20)22/h1-3,5-10,13,31H,4,11-12,14-15,26H2. The van der Waals surface area contributed by atoms with E-state index in [4.69, 9.17) is 15.5 Å². The smallest absolute Gasteiger partial charge is 0.239 e. The molecule has 32 heavy (non-hydrogen) atoms. The lowest BCUT2D eigenvalue weighted by Crippen LogP contribution is -2.43. The molecule has 7 nitrogen and oxygen atoms in total. The minimum absolute atomic E-state index is 0.196. The van der Waals surface area contributed by atoms with Gasteiger partial charge in [-0.25, -0.2) is 4.98 Å². The van der Waals surface area contributed by atoms with E-state index >= 15 is 0 Å². The van der Waals surface area contributed by atoms with Crippen molar-refractivity contribution in [3.63, 3.8) is 0 Å². The van der Waals surface area contributed by atoms with Crippen LogP contribution in [0.15, 0.2) is 60.7 Å². The van der Waals surface area contributed by atoms with E-state index in [1.54, 1.807) is 0 Å². The van der Waals surface area contributed by atoms with Gasteiger partial charge in [-0.2, -0.15) is 0 Å². The summed E-state index contributed by atoms with van der Waals surface area (Å²) in [6.07, 6.45) is 3.24. The Kier molecular flexibility index (Phi) is 4.34. The monoisotopic (exact) mass is 425 g/mol. The first-order valence-electron chi connectivity index (χ1n) is 10.8. The number of aromatic nitrogens is 4. The predicted octanol–water partition coefficient (Wildman–Crippen LogP) is 3.72. The number of hydrogen-bond donors (Lipinski definition) is 2. The van der Waals surface area contributed by atoms with Crippen molar-refractivity contribution in [1.29, 1.82) is 0 Å². The molecule has 0 atom stereocenters. The molecule has 0 radical (unpaired) electrons. The van der Waals surface area contributed by atoms with Gasteiger partial charge in [0.15, 0.2) is 18.3 Å². The van der Waals surface area contributed by atoms with E-state index < -0.39 is 0 Å². The van der Waals surface area contributed by atoms with E-state index in [2.05, 4.69) is 46.6 Å². The Balaban J connectivity index is 1.53. The molecule has 1 aliphatic carbocycles. The van der Waals surface area contributed by atoms with Crippen molar-refractivity contribution in [2.45, 2.75) is 38.0 Å². The highest BCUT2D eigenvalue weighted by Gasteiger charge is 2.34. The molecule has 2 aromatic carbocycles. The summed E-state index contributed by atoms with van der Waals surface area (Å²) in [5.41, 5.74) is 12.1. The van der Waals surface area contributed by atoms with Crippen LogP contribution in [0.25, 0.3) is 28.1 Å². The molecule has 0 unspecified atom stereocenters. The molecule has 1 aliphatic heterocycles. The van der Waals surface area contributed by atoms with Crippen LogP contribution < -0.4 is 10.5 Å². The molecule has 3 N–H and O–H groups in total. The molecule has 0 spiro atoms. The van der Waals surface area contributed by atoms with Gasteiger partial charge >= 0.3 is 0 Å². The van der Waals surface area contributed by atoms with Crippen molar-refractivity contribution in [2.75, 3.05) is 0 Å². The lowest BCUT2D eigenvalue weighted by Gasteiger charge is -2.38. The van der Waals surface area contributed by atoms with Crippen molar-refractivity contribution < 1.29 is 9.84 Å². The van der Waals surface area contributed by atoms with Gasteiger partial charge < -0.3 is 15.6 Å². The third kappa shape index (κ3) is 2.93. The first kappa shape index (κ1) is 19.2. The normalized spacial score (nSPS) is 15.9. The summed E-state index contributed by atoms with van der Waals surface area (Å²) in [6.45, 7) is 0.0446. The van der Waals surface area contributed by atoms with Gasteiger partial charge in [0.05, 0.1) is 5.69 Å². The molecule has 7 heteroatoms. The molecular weight excluding hydrogens is 402 g/mol. The molecule has 2 aromatic heterocycles. The topological polar surface area (TPSA) is 99.1 Å². The van der Waals surface area contributed by atoms with Crippen LogP contribution in [0.2, 0.25) is 0 Å². The summed E-state index contributed by atoms with van der Waals surface area (Å²) in [5, 5.41) is 18.0. The summed E-state index contributed by atoms with van der Waals surface area (Å²) >= 11 is 0. The van der Waals surface area contributed by atoms with Crippen LogP contribution in [0.5, 0.6) is 5.88 Å². The highest BCUT2D eigenvalue weighted by molar-refractivity contribution is 5.83. The van der Waals surface area contributed by atoms with Crippen LogP contribution in [-0.4, -0.2) is 24.9 Å². The molecule has 2 aliphatic rings. The summed E-state index contributed by atoms with van der Waals surface area (Å²) in [4.78, 5) is 4.93. The fourth-order valence-corrected chi connectivity index (χ4v) is 4.58. The van der Waals surface area contributed by atoms with E-state index in [0.29, 0.717) is 17.5 Å². The maximum atomic E-state index is 9.75. The van der Waals surface area contributed by atoms with Crippen molar-refractivity contribution >= 4 is 0 Å². The van der Waals surface area contributed by atoms with Gasteiger partial charge in [0.1, 0.15) is 12.3 Å². The molecule has 0 amide bonds. The third-order valence-electron chi connectivity index (χ3n) is 6.55. The van der Waals surface area contributed by atoms with Crippen LogP contribution in [-0.2, 0) is 18.8 Å². The summed E-state index contributed by atoms with van der Waals surface area (Å²) in [5.74, 6) is 1.62. The highest BCUT2D eigenvalue weighted by Crippen LogP contribution is 2.41. The second-order valence-corrected chi connectivity index (χ2v) is 8.48. The number of ether oxygens (including phenoxy) is 1. The van der Waals surface area contributed by atoms with E-state index in [1.165, 1.54) is 12.0 Å². The molecule has 4 aromatic rings. The number of pyridine rings is 1. The first-order chi connectivity index (χ1) is 15.7. The number of nitrogens with zero attached hydrogens (tertiary/aromatic N) is 4. The van der Waals surface area contributed by atoms with E-state index in [9.17, 15) is 5.11 Å². The Morgan fingerprint density at radius 1 is 1.00 bits per heavy atom. The quantitative estimate of drug-likeness (QED) is 0.517. The van der Waals surface area contributed by atoms with Gasteiger partial charge in [-0.1, -0.05) is 54.6 Å². The Morgan fingerprint density at radius 3 is 2.47 bits per heavy atom. The number of aliphatic hydroxyl groups excluding tert-OH is 1. The molecule has 3 heterocycles. The van der Waals surface area contributed by atoms with Crippen LogP contribution in [0.1, 0.15) is 36.5 Å². The molecule has 6 rings (SSSR count). The van der Waals surface area contributed by atoms with Gasteiger partial charge in [-0.05, 0) is 36.5 Å². The van der Waals surface area contributed by atoms with Crippen LogP contribution in [0.3, 0.4) is 0 Å². The lowest BCUT2D eigenvalue weighted by atomic mass is 9.72. The largest absolute Gasteiger partial charge is 0.468 e. The number of fused-ring (bicyclic) bond motifs is 3.